The van der Waals surface area contributed by atoms with Gasteiger partial charge >= 0.3 is 0 Å². The average molecular weight is 221 g/mol. The van der Waals surface area contributed by atoms with E-state index in [1.165, 1.54) is 16.7 Å². The zero-order valence-corrected chi connectivity index (χ0v) is 11.0. The van der Waals surface area contributed by atoms with Crippen molar-refractivity contribution in [3.8, 4) is 0 Å². The fourth-order valence-electron chi connectivity index (χ4n) is 1.44. The van der Waals surface area contributed by atoms with E-state index in [1.54, 1.807) is 0 Å². The van der Waals surface area contributed by atoms with E-state index in [1.807, 2.05) is 0 Å². The van der Waals surface area contributed by atoms with Crippen molar-refractivity contribution in [2.75, 3.05) is 6.61 Å². The Morgan fingerprint density at radius 3 is 2.38 bits per heavy atom. The second-order valence-electron chi connectivity index (χ2n) is 4.89. The number of hydrogen-bond acceptors (Lipinski definition) is 2. The van der Waals surface area contributed by atoms with E-state index >= 15 is 0 Å². The Labute approximate surface area is 99.0 Å². The van der Waals surface area contributed by atoms with Gasteiger partial charge in [-0.15, -0.1) is 0 Å². The molecule has 0 bridgehead atoms. The van der Waals surface area contributed by atoms with Crippen molar-refractivity contribution in [2.24, 2.45) is 5.92 Å². The minimum atomic E-state index is 0.234. The Morgan fingerprint density at radius 1 is 1.12 bits per heavy atom. The molecule has 0 aliphatic carbocycles. The maximum atomic E-state index is 5.43. The predicted octanol–water partition coefficient (Wildman–Crippen LogP) is 3.54. The van der Waals surface area contributed by atoms with Gasteiger partial charge in [0.05, 0.1) is 12.6 Å². The summed E-state index contributed by atoms with van der Waals surface area (Å²) in [5.41, 5.74) is 7.01. The molecule has 0 saturated heterocycles. The van der Waals surface area contributed by atoms with Gasteiger partial charge in [-0.25, -0.2) is 0 Å². The summed E-state index contributed by atoms with van der Waals surface area (Å²) in [4.78, 5) is 5.43. The largest absolute Gasteiger partial charge is 0.301 e. The first-order chi connectivity index (χ1) is 7.50. The molecule has 1 aromatic rings. The van der Waals surface area contributed by atoms with Gasteiger partial charge in [-0.3, -0.25) is 0 Å². The van der Waals surface area contributed by atoms with E-state index in [2.05, 4.69) is 58.3 Å². The molecule has 0 heterocycles. The van der Waals surface area contributed by atoms with Crippen LogP contribution >= 0.6 is 0 Å². The Kier molecular flexibility index (Phi) is 4.97. The summed E-state index contributed by atoms with van der Waals surface area (Å²) in [7, 11) is 0. The molecule has 90 valence electrons. The van der Waals surface area contributed by atoms with E-state index in [-0.39, 0.29) is 6.04 Å². The SMILES string of the molecule is Cc1ccc(C(C)NOCC(C)C)cc1C. The Morgan fingerprint density at radius 2 is 1.81 bits per heavy atom. The third kappa shape index (κ3) is 3.95. The fourth-order valence-corrected chi connectivity index (χ4v) is 1.44. The monoisotopic (exact) mass is 221 g/mol. The predicted molar refractivity (Wildman–Crippen MR) is 68.3 cm³/mol. The quantitative estimate of drug-likeness (QED) is 0.768. The van der Waals surface area contributed by atoms with Crippen molar-refractivity contribution in [2.45, 2.75) is 40.7 Å². The lowest BCUT2D eigenvalue weighted by atomic mass is 10.0. The van der Waals surface area contributed by atoms with Crippen LogP contribution in [0.2, 0.25) is 0 Å². The van der Waals surface area contributed by atoms with E-state index < -0.39 is 0 Å². The van der Waals surface area contributed by atoms with Crippen LogP contribution in [0.5, 0.6) is 0 Å². The zero-order valence-electron chi connectivity index (χ0n) is 11.0. The van der Waals surface area contributed by atoms with Crippen LogP contribution in [0.25, 0.3) is 0 Å². The van der Waals surface area contributed by atoms with Crippen LogP contribution in [-0.4, -0.2) is 6.61 Å². The first-order valence-electron chi connectivity index (χ1n) is 5.95. The van der Waals surface area contributed by atoms with Crippen LogP contribution in [0.1, 0.15) is 43.5 Å². The van der Waals surface area contributed by atoms with Crippen molar-refractivity contribution in [1.82, 2.24) is 5.48 Å². The van der Waals surface area contributed by atoms with E-state index in [9.17, 15) is 0 Å². The number of nitrogens with one attached hydrogen (secondary N) is 1. The summed E-state index contributed by atoms with van der Waals surface area (Å²) >= 11 is 0. The molecule has 0 radical (unpaired) electrons. The molecule has 1 rings (SSSR count). The van der Waals surface area contributed by atoms with Gasteiger partial charge in [0.25, 0.3) is 0 Å². The fraction of sp³-hybridized carbons (Fsp3) is 0.571. The molecule has 0 amide bonds. The maximum absolute atomic E-state index is 5.43. The second-order valence-corrected chi connectivity index (χ2v) is 4.89. The number of aryl methyl sites for hydroxylation is 2. The molecule has 0 aromatic heterocycles. The van der Waals surface area contributed by atoms with Gasteiger partial charge in [0.1, 0.15) is 0 Å². The van der Waals surface area contributed by atoms with Crippen molar-refractivity contribution in [3.05, 3.63) is 34.9 Å². The lowest BCUT2D eigenvalue weighted by Gasteiger charge is -2.16. The average Bonchev–Trinajstić information content (AvgIpc) is 2.21. The van der Waals surface area contributed by atoms with E-state index in [4.69, 9.17) is 4.84 Å². The van der Waals surface area contributed by atoms with Crippen LogP contribution in [-0.2, 0) is 4.84 Å². The molecular weight excluding hydrogens is 198 g/mol. The summed E-state index contributed by atoms with van der Waals surface area (Å²) in [6.07, 6.45) is 0. The molecule has 0 aliphatic rings. The Bertz CT molecular complexity index is 334. The molecule has 2 nitrogen and oxygen atoms in total. The number of hydroxylamine groups is 1. The molecule has 0 saturated carbocycles. The lowest BCUT2D eigenvalue weighted by Crippen LogP contribution is -2.21. The highest BCUT2D eigenvalue weighted by Crippen LogP contribution is 2.16. The molecule has 1 N–H and O–H groups in total. The molecular formula is C14H23NO. The van der Waals surface area contributed by atoms with Crippen molar-refractivity contribution in [3.63, 3.8) is 0 Å². The van der Waals surface area contributed by atoms with Crippen molar-refractivity contribution in [1.29, 1.82) is 0 Å². The van der Waals surface area contributed by atoms with Crippen LogP contribution in [0.15, 0.2) is 18.2 Å². The molecule has 1 aromatic carbocycles. The molecule has 0 aliphatic heterocycles. The zero-order chi connectivity index (χ0) is 12.1. The standard InChI is InChI=1S/C14H23NO/c1-10(2)9-16-15-13(5)14-7-6-11(3)12(4)8-14/h6-8,10,13,15H,9H2,1-5H3. The molecule has 1 atom stereocenters. The number of rotatable bonds is 5. The van der Waals surface area contributed by atoms with Gasteiger partial charge in [0.15, 0.2) is 0 Å². The van der Waals surface area contributed by atoms with Crippen molar-refractivity contribution < 1.29 is 4.84 Å². The Hall–Kier alpha value is -0.860. The second kappa shape index (κ2) is 6.02. The van der Waals surface area contributed by atoms with Gasteiger partial charge in [0.2, 0.25) is 0 Å². The van der Waals surface area contributed by atoms with Gasteiger partial charge in [-0.05, 0) is 43.4 Å². The smallest absolute Gasteiger partial charge is 0.0705 e. The van der Waals surface area contributed by atoms with Gasteiger partial charge < -0.3 is 4.84 Å². The summed E-state index contributed by atoms with van der Waals surface area (Å²) in [6.45, 7) is 11.4. The first-order valence-corrected chi connectivity index (χ1v) is 5.95. The molecule has 0 fully saturated rings. The van der Waals surface area contributed by atoms with Crippen LogP contribution in [0, 0.1) is 19.8 Å². The summed E-state index contributed by atoms with van der Waals surface area (Å²) in [5.74, 6) is 0.555. The summed E-state index contributed by atoms with van der Waals surface area (Å²) in [5, 5.41) is 0. The first kappa shape index (κ1) is 13.2. The number of benzene rings is 1. The summed E-state index contributed by atoms with van der Waals surface area (Å²) in [6, 6.07) is 6.76. The third-order valence-corrected chi connectivity index (χ3v) is 2.71. The van der Waals surface area contributed by atoms with E-state index in [0.717, 1.165) is 6.61 Å². The molecule has 2 heteroatoms. The van der Waals surface area contributed by atoms with Gasteiger partial charge in [-0.1, -0.05) is 32.0 Å². The highest BCUT2D eigenvalue weighted by molar-refractivity contribution is 5.31. The minimum Gasteiger partial charge on any atom is -0.301 e. The number of hydrogen-bond donors (Lipinski definition) is 1. The van der Waals surface area contributed by atoms with Gasteiger partial charge in [-0.2, -0.15) is 5.48 Å². The highest BCUT2D eigenvalue weighted by atomic mass is 16.6. The Balaban J connectivity index is 2.52. The highest BCUT2D eigenvalue weighted by Gasteiger charge is 2.06. The molecule has 16 heavy (non-hydrogen) atoms. The maximum Gasteiger partial charge on any atom is 0.0705 e. The summed E-state index contributed by atoms with van der Waals surface area (Å²) < 4.78 is 0. The lowest BCUT2D eigenvalue weighted by molar-refractivity contribution is 0.00408. The van der Waals surface area contributed by atoms with Crippen LogP contribution in [0.4, 0.5) is 0 Å². The normalized spacial score (nSPS) is 13.1. The molecule has 0 spiro atoms. The van der Waals surface area contributed by atoms with Crippen LogP contribution in [0.3, 0.4) is 0 Å². The van der Waals surface area contributed by atoms with Gasteiger partial charge in [0, 0.05) is 0 Å². The minimum absolute atomic E-state index is 0.234. The van der Waals surface area contributed by atoms with Crippen molar-refractivity contribution >= 4 is 0 Å². The topological polar surface area (TPSA) is 21.3 Å². The van der Waals surface area contributed by atoms with E-state index in [0.29, 0.717) is 5.92 Å². The molecule has 1 unspecified atom stereocenters. The van der Waals surface area contributed by atoms with Crippen LogP contribution < -0.4 is 5.48 Å². The third-order valence-electron chi connectivity index (χ3n) is 2.71.